The van der Waals surface area contributed by atoms with E-state index in [1.807, 2.05) is 45.0 Å². The number of Topliss-reactive ketones (excluding diaryl/α,β-unsaturated/α-hetero) is 1. The van der Waals surface area contributed by atoms with Gasteiger partial charge in [-0.1, -0.05) is 38.1 Å². The highest BCUT2D eigenvalue weighted by Gasteiger charge is 2.34. The molecule has 8 nitrogen and oxygen atoms in total. The number of rotatable bonds is 9. The second-order valence-electron chi connectivity index (χ2n) is 10.5. The van der Waals surface area contributed by atoms with Gasteiger partial charge in [0.15, 0.2) is 11.5 Å². The molecule has 0 saturated carbocycles. The highest BCUT2D eigenvalue weighted by Crippen LogP contribution is 2.30. The van der Waals surface area contributed by atoms with Crippen LogP contribution in [0.3, 0.4) is 0 Å². The van der Waals surface area contributed by atoms with Crippen LogP contribution in [0.15, 0.2) is 71.3 Å². The molecule has 3 aromatic rings. The predicted octanol–water partition coefficient (Wildman–Crippen LogP) is 5.02. The van der Waals surface area contributed by atoms with Crippen molar-refractivity contribution in [1.29, 1.82) is 0 Å². The molecule has 0 aliphatic heterocycles. The molecule has 0 aliphatic rings. The molecule has 8 heteroatoms. The molecule has 0 unspecified atom stereocenters. The number of hydrogen-bond donors (Lipinski definition) is 2. The van der Waals surface area contributed by atoms with Gasteiger partial charge in [-0.2, -0.15) is 0 Å². The number of carbonyl (C=O) groups is 4. The molecule has 0 radical (unpaired) electrons. The highest BCUT2D eigenvalue weighted by molar-refractivity contribution is 6.04. The molecule has 0 bridgehead atoms. The number of hydrogen-bond acceptors (Lipinski definition) is 5. The molecule has 3 amide bonds. The van der Waals surface area contributed by atoms with E-state index >= 15 is 0 Å². The summed E-state index contributed by atoms with van der Waals surface area (Å²) in [6.07, 6.45) is 1.37. The summed E-state index contributed by atoms with van der Waals surface area (Å²) < 4.78 is 5.12. The lowest BCUT2D eigenvalue weighted by molar-refractivity contribution is -0.127. The molecule has 2 aromatic carbocycles. The summed E-state index contributed by atoms with van der Waals surface area (Å²) in [4.78, 5) is 53.1. The lowest BCUT2D eigenvalue weighted by atomic mass is 9.96. The first kappa shape index (κ1) is 28.4. The zero-order valence-electron chi connectivity index (χ0n) is 22.7. The molecule has 0 fully saturated rings. The maximum Gasteiger partial charge on any atom is 0.287 e. The van der Waals surface area contributed by atoms with E-state index in [4.69, 9.17) is 4.42 Å². The van der Waals surface area contributed by atoms with E-state index in [0.29, 0.717) is 22.7 Å². The van der Waals surface area contributed by atoms with Gasteiger partial charge in [0.1, 0.15) is 6.04 Å². The van der Waals surface area contributed by atoms with E-state index < -0.39 is 23.4 Å². The lowest BCUT2D eigenvalue weighted by Crippen LogP contribution is -2.51. The van der Waals surface area contributed by atoms with Crippen LogP contribution in [0.4, 0.5) is 5.69 Å². The van der Waals surface area contributed by atoms with E-state index in [9.17, 15) is 19.2 Å². The summed E-state index contributed by atoms with van der Waals surface area (Å²) in [6.45, 7) is 10.8. The maximum absolute atomic E-state index is 13.7. The second kappa shape index (κ2) is 11.9. The van der Waals surface area contributed by atoms with Crippen LogP contribution < -0.4 is 15.5 Å². The molecule has 0 saturated heterocycles. The van der Waals surface area contributed by atoms with Crippen molar-refractivity contribution in [3.05, 3.63) is 89.4 Å². The number of carbonyl (C=O) groups excluding carboxylic acids is 4. The number of furan rings is 1. The first-order valence-corrected chi connectivity index (χ1v) is 12.5. The monoisotopic (exact) mass is 517 g/mol. The summed E-state index contributed by atoms with van der Waals surface area (Å²) >= 11 is 0. The van der Waals surface area contributed by atoms with Gasteiger partial charge in [0, 0.05) is 16.8 Å². The summed E-state index contributed by atoms with van der Waals surface area (Å²) in [5.74, 6) is -1.20. The summed E-state index contributed by atoms with van der Waals surface area (Å²) in [7, 11) is 0. The zero-order chi connectivity index (χ0) is 28.0. The Morgan fingerprint density at radius 1 is 0.895 bits per heavy atom. The Bertz CT molecular complexity index is 1270. The first-order valence-electron chi connectivity index (χ1n) is 12.5. The number of amides is 3. The van der Waals surface area contributed by atoms with E-state index in [0.717, 1.165) is 5.56 Å². The number of ketones is 1. The fraction of sp³-hybridized carbons (Fsp3) is 0.333. The lowest BCUT2D eigenvalue weighted by Gasteiger charge is -2.34. The standard InChI is InChI=1S/C30H35N3O5/c1-19(2)21-9-11-23(12-10-21)27(29(37)32-30(4,5)6)33(24-15-13-22(14-16-24)20(3)34)26(35)18-31-28(36)25-8-7-17-38-25/h7-17,19,27H,18H2,1-6H3,(H,31,36)(H,32,37)/t27-/m1/s1. The summed E-state index contributed by atoms with van der Waals surface area (Å²) in [5.41, 5.74) is 2.03. The third kappa shape index (κ3) is 7.18. The van der Waals surface area contributed by atoms with Crippen LogP contribution in [0.2, 0.25) is 0 Å². The van der Waals surface area contributed by atoms with Crippen molar-refractivity contribution in [3.63, 3.8) is 0 Å². The van der Waals surface area contributed by atoms with Crippen LogP contribution in [-0.2, 0) is 9.59 Å². The minimum absolute atomic E-state index is 0.0708. The zero-order valence-corrected chi connectivity index (χ0v) is 22.7. The minimum atomic E-state index is -1.04. The van der Waals surface area contributed by atoms with Gasteiger partial charge in [-0.15, -0.1) is 0 Å². The topological polar surface area (TPSA) is 109 Å². The second-order valence-corrected chi connectivity index (χ2v) is 10.5. The van der Waals surface area contributed by atoms with Gasteiger partial charge in [-0.3, -0.25) is 24.1 Å². The van der Waals surface area contributed by atoms with E-state index in [1.54, 1.807) is 30.3 Å². The summed E-state index contributed by atoms with van der Waals surface area (Å²) in [5, 5.41) is 5.56. The third-order valence-corrected chi connectivity index (χ3v) is 5.89. The predicted molar refractivity (Wildman–Crippen MR) is 146 cm³/mol. The largest absolute Gasteiger partial charge is 0.459 e. The molecule has 0 aliphatic carbocycles. The van der Waals surface area contributed by atoms with E-state index in [2.05, 4.69) is 24.5 Å². The van der Waals surface area contributed by atoms with Crippen molar-refractivity contribution in [3.8, 4) is 0 Å². The van der Waals surface area contributed by atoms with Crippen LogP contribution in [0.5, 0.6) is 0 Å². The molecule has 38 heavy (non-hydrogen) atoms. The molecule has 2 N–H and O–H groups in total. The van der Waals surface area contributed by atoms with Gasteiger partial charge in [-0.05, 0) is 81.1 Å². The molecular formula is C30H35N3O5. The molecule has 1 heterocycles. The fourth-order valence-corrected chi connectivity index (χ4v) is 3.95. The van der Waals surface area contributed by atoms with Gasteiger partial charge >= 0.3 is 0 Å². The average Bonchev–Trinajstić information content (AvgIpc) is 3.40. The number of anilines is 1. The normalized spacial score (nSPS) is 12.1. The number of nitrogens with one attached hydrogen (secondary N) is 2. The number of nitrogens with zero attached hydrogens (tertiary/aromatic N) is 1. The maximum atomic E-state index is 13.7. The molecule has 3 rings (SSSR count). The van der Waals surface area contributed by atoms with Gasteiger partial charge in [0.25, 0.3) is 5.91 Å². The van der Waals surface area contributed by atoms with Gasteiger partial charge in [-0.25, -0.2) is 0 Å². The van der Waals surface area contributed by atoms with Crippen molar-refractivity contribution >= 4 is 29.2 Å². The Morgan fingerprint density at radius 2 is 1.50 bits per heavy atom. The van der Waals surface area contributed by atoms with Crippen LogP contribution in [0.1, 0.15) is 85.5 Å². The van der Waals surface area contributed by atoms with Crippen LogP contribution in [0, 0.1) is 0 Å². The van der Waals surface area contributed by atoms with Gasteiger partial charge < -0.3 is 15.1 Å². The third-order valence-electron chi connectivity index (χ3n) is 5.89. The molecular weight excluding hydrogens is 482 g/mol. The quantitative estimate of drug-likeness (QED) is 0.387. The highest BCUT2D eigenvalue weighted by atomic mass is 16.3. The Morgan fingerprint density at radius 3 is 2.00 bits per heavy atom. The van der Waals surface area contributed by atoms with E-state index in [1.165, 1.54) is 24.2 Å². The van der Waals surface area contributed by atoms with Crippen LogP contribution >= 0.6 is 0 Å². The smallest absolute Gasteiger partial charge is 0.287 e. The van der Waals surface area contributed by atoms with Crippen molar-refractivity contribution in [2.24, 2.45) is 0 Å². The Hall–Kier alpha value is -4.20. The van der Waals surface area contributed by atoms with Gasteiger partial charge in [0.05, 0.1) is 12.8 Å². The molecule has 200 valence electrons. The van der Waals surface area contributed by atoms with Gasteiger partial charge in [0.2, 0.25) is 11.8 Å². The Balaban J connectivity index is 2.06. The van der Waals surface area contributed by atoms with Crippen LogP contribution in [0.25, 0.3) is 0 Å². The van der Waals surface area contributed by atoms with Crippen molar-refractivity contribution in [2.45, 2.75) is 59.0 Å². The molecule has 0 spiro atoms. The minimum Gasteiger partial charge on any atom is -0.459 e. The van der Waals surface area contributed by atoms with Crippen molar-refractivity contribution in [1.82, 2.24) is 10.6 Å². The summed E-state index contributed by atoms with van der Waals surface area (Å²) in [6, 6.07) is 16.1. The van der Waals surface area contributed by atoms with Crippen molar-refractivity contribution < 1.29 is 23.6 Å². The van der Waals surface area contributed by atoms with E-state index in [-0.39, 0.29) is 24.0 Å². The van der Waals surface area contributed by atoms with Crippen molar-refractivity contribution in [2.75, 3.05) is 11.4 Å². The Kier molecular flexibility index (Phi) is 8.88. The molecule has 1 atom stereocenters. The first-order chi connectivity index (χ1) is 17.9. The fourth-order valence-electron chi connectivity index (χ4n) is 3.95. The Labute approximate surface area is 223 Å². The van der Waals surface area contributed by atoms with Crippen LogP contribution in [-0.4, -0.2) is 35.6 Å². The average molecular weight is 518 g/mol. The SMILES string of the molecule is CC(=O)c1ccc(N(C(=O)CNC(=O)c2ccco2)[C@@H](C(=O)NC(C)(C)C)c2ccc(C(C)C)cc2)cc1. The number of benzene rings is 2. The molecule has 1 aromatic heterocycles.